The predicted octanol–water partition coefficient (Wildman–Crippen LogP) is 1.77. The Morgan fingerprint density at radius 2 is 2.00 bits per heavy atom. The van der Waals surface area contributed by atoms with Crippen LogP contribution in [0.4, 0.5) is 0 Å². The molecule has 0 saturated carbocycles. The molecule has 0 aromatic carbocycles. The number of esters is 1. The van der Waals surface area contributed by atoms with E-state index in [1.165, 1.54) is 0 Å². The van der Waals surface area contributed by atoms with Crippen molar-refractivity contribution >= 4 is 17.0 Å². The molecule has 0 spiro atoms. The highest BCUT2D eigenvalue weighted by molar-refractivity contribution is 7.80. The van der Waals surface area contributed by atoms with E-state index in [2.05, 4.69) is 6.92 Å². The molecule has 5 heteroatoms. The molecular weight excluding hydrogens is 216 g/mol. The van der Waals surface area contributed by atoms with Crippen LogP contribution in [0.25, 0.3) is 0 Å². The van der Waals surface area contributed by atoms with E-state index in [1.54, 1.807) is 0 Å². The maximum Gasteiger partial charge on any atom is 0.320 e. The number of carbonyl (C=O) groups excluding carboxylic acids is 1. The molecule has 0 fully saturated rings. The Morgan fingerprint density at radius 1 is 1.33 bits per heavy atom. The molecule has 0 aliphatic carbocycles. The molecule has 0 rings (SSSR count). The smallest absolute Gasteiger partial charge is 0.320 e. The third-order valence-corrected chi connectivity index (χ3v) is 2.93. The van der Waals surface area contributed by atoms with Crippen LogP contribution in [0.15, 0.2) is 0 Å². The Kier molecular flexibility index (Phi) is 8.61. The van der Waals surface area contributed by atoms with Gasteiger partial charge in [0.2, 0.25) is 0 Å². The van der Waals surface area contributed by atoms with Crippen molar-refractivity contribution in [3.8, 4) is 0 Å². The second-order valence-electron chi connectivity index (χ2n) is 3.41. The Bertz CT molecular complexity index is 206. The normalized spacial score (nSPS) is 14.6. The van der Waals surface area contributed by atoms with E-state index in [4.69, 9.17) is 4.74 Å². The molecule has 0 aromatic rings. The SMILES string of the molecule is CCCCCOC(=O)C(CCC)S(=O)[O-]. The summed E-state index contributed by atoms with van der Waals surface area (Å²) < 4.78 is 26.3. The van der Waals surface area contributed by atoms with Gasteiger partial charge in [-0.25, -0.2) is 0 Å². The molecule has 0 heterocycles. The monoisotopic (exact) mass is 235 g/mol. The van der Waals surface area contributed by atoms with Gasteiger partial charge in [-0.05, 0) is 23.9 Å². The van der Waals surface area contributed by atoms with E-state index in [0.717, 1.165) is 19.3 Å². The van der Waals surface area contributed by atoms with E-state index >= 15 is 0 Å². The highest BCUT2D eigenvalue weighted by atomic mass is 32.2. The summed E-state index contributed by atoms with van der Waals surface area (Å²) in [5, 5.41) is -0.989. The summed E-state index contributed by atoms with van der Waals surface area (Å²) in [7, 11) is 0. The van der Waals surface area contributed by atoms with E-state index in [0.29, 0.717) is 19.4 Å². The summed E-state index contributed by atoms with van der Waals surface area (Å²) in [5.74, 6) is -0.610. The fourth-order valence-electron chi connectivity index (χ4n) is 1.17. The number of hydrogen-bond acceptors (Lipinski definition) is 4. The van der Waals surface area contributed by atoms with Crippen molar-refractivity contribution < 1.29 is 18.3 Å². The minimum atomic E-state index is -2.37. The molecule has 0 aliphatic rings. The van der Waals surface area contributed by atoms with E-state index < -0.39 is 22.3 Å². The van der Waals surface area contributed by atoms with Crippen molar-refractivity contribution in [2.45, 2.75) is 51.2 Å². The van der Waals surface area contributed by atoms with Crippen molar-refractivity contribution in [2.24, 2.45) is 0 Å². The van der Waals surface area contributed by atoms with E-state index in [1.807, 2.05) is 6.92 Å². The number of unbranched alkanes of at least 4 members (excludes halogenated alkanes) is 2. The standard InChI is InChI=1S/C10H20O4S/c1-3-5-6-8-14-10(11)9(7-4-2)15(12)13/h9H,3-8H2,1-2H3,(H,12,13)/p-1. The molecule has 0 amide bonds. The lowest BCUT2D eigenvalue weighted by Crippen LogP contribution is -2.28. The maximum absolute atomic E-state index is 11.3. The van der Waals surface area contributed by atoms with Gasteiger partial charge in [-0.3, -0.25) is 9.00 Å². The van der Waals surface area contributed by atoms with Gasteiger partial charge in [0.25, 0.3) is 0 Å². The van der Waals surface area contributed by atoms with Crippen LogP contribution in [0, 0.1) is 0 Å². The first kappa shape index (κ1) is 14.6. The molecule has 2 atom stereocenters. The first-order chi connectivity index (χ1) is 7.13. The molecular formula is C10H19O4S-. The molecule has 0 bridgehead atoms. The third kappa shape index (κ3) is 6.62. The summed E-state index contributed by atoms with van der Waals surface area (Å²) in [6.45, 7) is 4.21. The lowest BCUT2D eigenvalue weighted by atomic mass is 10.2. The average molecular weight is 235 g/mol. The van der Waals surface area contributed by atoms with Gasteiger partial charge in [-0.2, -0.15) is 0 Å². The van der Waals surface area contributed by atoms with Gasteiger partial charge in [0.1, 0.15) is 5.25 Å². The van der Waals surface area contributed by atoms with Crippen LogP contribution in [-0.2, 0) is 20.6 Å². The zero-order valence-electron chi connectivity index (χ0n) is 9.36. The molecule has 0 N–H and O–H groups in total. The Labute approximate surface area is 93.7 Å². The molecule has 0 radical (unpaired) electrons. The molecule has 90 valence electrons. The summed E-state index contributed by atoms with van der Waals surface area (Å²) in [6, 6.07) is 0. The topological polar surface area (TPSA) is 66.4 Å². The van der Waals surface area contributed by atoms with Gasteiger partial charge in [0, 0.05) is 0 Å². The van der Waals surface area contributed by atoms with Gasteiger partial charge in [0.05, 0.1) is 6.61 Å². The number of carbonyl (C=O) groups is 1. The zero-order chi connectivity index (χ0) is 11.7. The van der Waals surface area contributed by atoms with Gasteiger partial charge in [-0.15, -0.1) is 0 Å². The molecule has 15 heavy (non-hydrogen) atoms. The molecule has 2 unspecified atom stereocenters. The lowest BCUT2D eigenvalue weighted by Gasteiger charge is -2.17. The molecule has 0 aliphatic heterocycles. The van der Waals surface area contributed by atoms with Crippen LogP contribution in [0.5, 0.6) is 0 Å². The largest absolute Gasteiger partial charge is 0.772 e. The quantitative estimate of drug-likeness (QED) is 0.365. The van der Waals surface area contributed by atoms with Crippen LogP contribution in [0.1, 0.15) is 46.0 Å². The van der Waals surface area contributed by atoms with Crippen LogP contribution in [0.3, 0.4) is 0 Å². The van der Waals surface area contributed by atoms with Crippen molar-refractivity contribution in [1.29, 1.82) is 0 Å². The maximum atomic E-state index is 11.3. The first-order valence-corrected chi connectivity index (χ1v) is 6.52. The van der Waals surface area contributed by atoms with Gasteiger partial charge in [0.15, 0.2) is 0 Å². The number of ether oxygens (including phenoxy) is 1. The van der Waals surface area contributed by atoms with Gasteiger partial charge < -0.3 is 9.29 Å². The second kappa shape index (κ2) is 8.85. The minimum absolute atomic E-state index is 0.323. The molecule has 4 nitrogen and oxygen atoms in total. The number of rotatable bonds is 8. The van der Waals surface area contributed by atoms with Crippen molar-refractivity contribution in [3.63, 3.8) is 0 Å². The van der Waals surface area contributed by atoms with E-state index in [9.17, 15) is 13.6 Å². The third-order valence-electron chi connectivity index (χ3n) is 2.04. The van der Waals surface area contributed by atoms with Crippen molar-refractivity contribution in [3.05, 3.63) is 0 Å². The summed E-state index contributed by atoms with van der Waals surface area (Å²) >= 11 is -2.37. The molecule has 0 saturated heterocycles. The van der Waals surface area contributed by atoms with Gasteiger partial charge in [-0.1, -0.05) is 33.1 Å². The lowest BCUT2D eigenvalue weighted by molar-refractivity contribution is -0.143. The van der Waals surface area contributed by atoms with Crippen LogP contribution in [0.2, 0.25) is 0 Å². The second-order valence-corrected chi connectivity index (χ2v) is 4.50. The average Bonchev–Trinajstić information content (AvgIpc) is 2.20. The summed E-state index contributed by atoms with van der Waals surface area (Å²) in [4.78, 5) is 11.3. The molecule has 0 aromatic heterocycles. The first-order valence-electron chi connectivity index (χ1n) is 5.38. The fourth-order valence-corrected chi connectivity index (χ4v) is 1.83. The highest BCUT2D eigenvalue weighted by Crippen LogP contribution is 2.06. The summed E-state index contributed by atoms with van der Waals surface area (Å²) in [5.41, 5.74) is 0. The minimum Gasteiger partial charge on any atom is -0.772 e. The van der Waals surface area contributed by atoms with Crippen LogP contribution < -0.4 is 0 Å². The Balaban J connectivity index is 3.87. The highest BCUT2D eigenvalue weighted by Gasteiger charge is 2.19. The van der Waals surface area contributed by atoms with Crippen LogP contribution in [-0.4, -0.2) is 26.6 Å². The zero-order valence-corrected chi connectivity index (χ0v) is 10.2. The van der Waals surface area contributed by atoms with Crippen LogP contribution >= 0.6 is 0 Å². The Morgan fingerprint density at radius 3 is 2.47 bits per heavy atom. The van der Waals surface area contributed by atoms with E-state index in [-0.39, 0.29) is 0 Å². The Hall–Kier alpha value is -0.420. The van der Waals surface area contributed by atoms with Crippen molar-refractivity contribution in [2.75, 3.05) is 6.61 Å². The van der Waals surface area contributed by atoms with Gasteiger partial charge >= 0.3 is 5.97 Å². The fraction of sp³-hybridized carbons (Fsp3) is 0.900. The predicted molar refractivity (Wildman–Crippen MR) is 58.1 cm³/mol. The summed E-state index contributed by atoms with van der Waals surface area (Å²) in [6.07, 6.45) is 3.83. The number of hydrogen-bond donors (Lipinski definition) is 0. The van der Waals surface area contributed by atoms with Crippen molar-refractivity contribution in [1.82, 2.24) is 0 Å².